The van der Waals surface area contributed by atoms with Crippen LogP contribution in [-0.2, 0) is 6.42 Å². The molecule has 0 aliphatic heterocycles. The number of hydrogen-bond donors (Lipinski definition) is 1. The second kappa shape index (κ2) is 4.50. The Balaban J connectivity index is 2.16. The van der Waals surface area contributed by atoms with E-state index in [9.17, 15) is 8.78 Å². The standard InChI is InChI=1S/C13H17F2N/c1-16-9-13(6-3-7-13)8-10-4-2-5-11(14)12(10)15/h2,4-5,16H,3,6-9H2,1H3. The molecule has 0 saturated heterocycles. The maximum absolute atomic E-state index is 13.5. The van der Waals surface area contributed by atoms with E-state index < -0.39 is 11.6 Å². The van der Waals surface area contributed by atoms with Crippen LogP contribution in [0, 0.1) is 17.0 Å². The van der Waals surface area contributed by atoms with E-state index in [0.717, 1.165) is 19.4 Å². The van der Waals surface area contributed by atoms with E-state index in [1.807, 2.05) is 7.05 Å². The van der Waals surface area contributed by atoms with Gasteiger partial charge in [0, 0.05) is 6.54 Å². The van der Waals surface area contributed by atoms with Gasteiger partial charge in [0.1, 0.15) is 0 Å². The van der Waals surface area contributed by atoms with E-state index in [4.69, 9.17) is 0 Å². The van der Waals surface area contributed by atoms with Crippen molar-refractivity contribution in [2.45, 2.75) is 25.7 Å². The van der Waals surface area contributed by atoms with E-state index in [-0.39, 0.29) is 5.41 Å². The van der Waals surface area contributed by atoms with Gasteiger partial charge in [-0.1, -0.05) is 18.6 Å². The SMILES string of the molecule is CNCC1(Cc2cccc(F)c2F)CCC1. The molecule has 1 N–H and O–H groups in total. The van der Waals surface area contributed by atoms with Crippen molar-refractivity contribution in [1.82, 2.24) is 5.32 Å². The first kappa shape index (κ1) is 11.5. The van der Waals surface area contributed by atoms with E-state index >= 15 is 0 Å². The topological polar surface area (TPSA) is 12.0 Å². The fourth-order valence-electron chi connectivity index (χ4n) is 2.56. The Morgan fingerprint density at radius 1 is 1.31 bits per heavy atom. The van der Waals surface area contributed by atoms with Crippen LogP contribution in [0.15, 0.2) is 18.2 Å². The summed E-state index contributed by atoms with van der Waals surface area (Å²) in [6.45, 7) is 0.878. The maximum atomic E-state index is 13.5. The second-order valence-electron chi connectivity index (χ2n) is 4.77. The highest BCUT2D eigenvalue weighted by molar-refractivity contribution is 5.21. The molecule has 2 rings (SSSR count). The van der Waals surface area contributed by atoms with Gasteiger partial charge >= 0.3 is 0 Å². The molecule has 1 aromatic rings. The van der Waals surface area contributed by atoms with Gasteiger partial charge < -0.3 is 5.32 Å². The van der Waals surface area contributed by atoms with Gasteiger partial charge in [-0.3, -0.25) is 0 Å². The fraction of sp³-hybridized carbons (Fsp3) is 0.538. The lowest BCUT2D eigenvalue weighted by Crippen LogP contribution is -2.40. The van der Waals surface area contributed by atoms with Crippen molar-refractivity contribution in [1.29, 1.82) is 0 Å². The molecular formula is C13H17F2N. The Labute approximate surface area is 94.9 Å². The highest BCUT2D eigenvalue weighted by atomic mass is 19.2. The van der Waals surface area contributed by atoms with Crippen molar-refractivity contribution in [3.05, 3.63) is 35.4 Å². The molecule has 3 heteroatoms. The highest BCUT2D eigenvalue weighted by Crippen LogP contribution is 2.43. The second-order valence-corrected chi connectivity index (χ2v) is 4.77. The van der Waals surface area contributed by atoms with Crippen molar-refractivity contribution >= 4 is 0 Å². The number of halogens is 2. The van der Waals surface area contributed by atoms with Crippen molar-refractivity contribution in [3.63, 3.8) is 0 Å². The van der Waals surface area contributed by atoms with E-state index in [1.165, 1.54) is 12.5 Å². The molecule has 0 atom stereocenters. The van der Waals surface area contributed by atoms with E-state index in [2.05, 4.69) is 5.32 Å². The largest absolute Gasteiger partial charge is 0.319 e. The molecule has 1 aromatic carbocycles. The molecule has 0 radical (unpaired) electrons. The van der Waals surface area contributed by atoms with E-state index in [0.29, 0.717) is 12.0 Å². The first-order valence-corrected chi connectivity index (χ1v) is 5.74. The Kier molecular flexibility index (Phi) is 3.24. The Morgan fingerprint density at radius 3 is 2.62 bits per heavy atom. The first-order valence-electron chi connectivity index (χ1n) is 5.74. The molecule has 88 valence electrons. The van der Waals surface area contributed by atoms with Crippen molar-refractivity contribution < 1.29 is 8.78 Å². The molecule has 0 heterocycles. The van der Waals surface area contributed by atoms with Crippen LogP contribution in [-0.4, -0.2) is 13.6 Å². The molecule has 0 bridgehead atoms. The fourth-order valence-corrected chi connectivity index (χ4v) is 2.56. The predicted molar refractivity (Wildman–Crippen MR) is 60.3 cm³/mol. The van der Waals surface area contributed by atoms with Gasteiger partial charge in [0.2, 0.25) is 0 Å². The Hall–Kier alpha value is -0.960. The van der Waals surface area contributed by atoms with Crippen LogP contribution in [0.5, 0.6) is 0 Å². The summed E-state index contributed by atoms with van der Waals surface area (Å²) in [5, 5.41) is 3.15. The third-order valence-corrected chi connectivity index (χ3v) is 3.56. The lowest BCUT2D eigenvalue weighted by atomic mass is 9.65. The van der Waals surface area contributed by atoms with Crippen LogP contribution in [0.3, 0.4) is 0 Å². The number of nitrogens with one attached hydrogen (secondary N) is 1. The molecule has 0 unspecified atom stereocenters. The molecule has 1 nitrogen and oxygen atoms in total. The zero-order valence-electron chi connectivity index (χ0n) is 9.52. The van der Waals surface area contributed by atoms with Crippen molar-refractivity contribution in [2.24, 2.45) is 5.41 Å². The maximum Gasteiger partial charge on any atom is 0.162 e. The minimum absolute atomic E-state index is 0.142. The summed E-state index contributed by atoms with van der Waals surface area (Å²) in [6.07, 6.45) is 4.03. The lowest BCUT2D eigenvalue weighted by Gasteiger charge is -2.42. The summed E-state index contributed by atoms with van der Waals surface area (Å²) < 4.78 is 26.6. The normalized spacial score (nSPS) is 18.2. The molecule has 1 aliphatic rings. The van der Waals surface area contributed by atoms with Gasteiger partial charge in [-0.2, -0.15) is 0 Å². The minimum Gasteiger partial charge on any atom is -0.319 e. The third kappa shape index (κ3) is 2.09. The van der Waals surface area contributed by atoms with Crippen molar-refractivity contribution in [3.8, 4) is 0 Å². The number of hydrogen-bond acceptors (Lipinski definition) is 1. The molecule has 1 fully saturated rings. The van der Waals surface area contributed by atoms with Gasteiger partial charge in [0.15, 0.2) is 11.6 Å². The highest BCUT2D eigenvalue weighted by Gasteiger charge is 2.37. The number of benzene rings is 1. The zero-order valence-corrected chi connectivity index (χ0v) is 9.52. The Bertz CT molecular complexity index is 372. The number of rotatable bonds is 4. The predicted octanol–water partition coefficient (Wildman–Crippen LogP) is 2.90. The van der Waals surface area contributed by atoms with Crippen LogP contribution in [0.4, 0.5) is 8.78 Å². The van der Waals surface area contributed by atoms with Gasteiger partial charge in [-0.05, 0) is 43.4 Å². The zero-order chi connectivity index (χ0) is 11.6. The monoisotopic (exact) mass is 225 g/mol. The molecular weight excluding hydrogens is 208 g/mol. The van der Waals surface area contributed by atoms with Gasteiger partial charge in [-0.25, -0.2) is 8.78 Å². The van der Waals surface area contributed by atoms with Gasteiger partial charge in [-0.15, -0.1) is 0 Å². The average Bonchev–Trinajstić information content (AvgIpc) is 2.21. The quantitative estimate of drug-likeness (QED) is 0.830. The molecule has 16 heavy (non-hydrogen) atoms. The van der Waals surface area contributed by atoms with Gasteiger partial charge in [0.25, 0.3) is 0 Å². The summed E-state index contributed by atoms with van der Waals surface area (Å²) in [7, 11) is 1.90. The van der Waals surface area contributed by atoms with Crippen molar-refractivity contribution in [2.75, 3.05) is 13.6 Å². The summed E-state index contributed by atoms with van der Waals surface area (Å²) in [6, 6.07) is 4.44. The summed E-state index contributed by atoms with van der Waals surface area (Å²) in [4.78, 5) is 0. The third-order valence-electron chi connectivity index (χ3n) is 3.56. The van der Waals surface area contributed by atoms with Gasteiger partial charge in [0.05, 0.1) is 0 Å². The van der Waals surface area contributed by atoms with E-state index in [1.54, 1.807) is 12.1 Å². The summed E-state index contributed by atoms with van der Waals surface area (Å²) >= 11 is 0. The molecule has 0 spiro atoms. The molecule has 1 aliphatic carbocycles. The lowest BCUT2D eigenvalue weighted by molar-refractivity contribution is 0.132. The molecule has 0 amide bonds. The Morgan fingerprint density at radius 2 is 2.06 bits per heavy atom. The minimum atomic E-state index is -0.739. The smallest absolute Gasteiger partial charge is 0.162 e. The van der Waals surface area contributed by atoms with Crippen LogP contribution < -0.4 is 5.32 Å². The van der Waals surface area contributed by atoms with Crippen LogP contribution in [0.2, 0.25) is 0 Å². The molecule has 1 saturated carbocycles. The van der Waals surface area contributed by atoms with Crippen LogP contribution >= 0.6 is 0 Å². The first-order chi connectivity index (χ1) is 7.67. The van der Waals surface area contributed by atoms with Crippen LogP contribution in [0.1, 0.15) is 24.8 Å². The average molecular weight is 225 g/mol. The summed E-state index contributed by atoms with van der Waals surface area (Å²) in [5.74, 6) is -1.42. The van der Waals surface area contributed by atoms with Crippen LogP contribution in [0.25, 0.3) is 0 Å². The summed E-state index contributed by atoms with van der Waals surface area (Å²) in [5.41, 5.74) is 0.651. The molecule has 0 aromatic heterocycles.